The highest BCUT2D eigenvalue weighted by Crippen LogP contribution is 2.37. The van der Waals surface area contributed by atoms with E-state index in [0.717, 1.165) is 29.6 Å². The molecule has 0 fully saturated rings. The van der Waals surface area contributed by atoms with Gasteiger partial charge in [-0.05, 0) is 42.3 Å². The first-order valence-corrected chi connectivity index (χ1v) is 12.6. The molecule has 196 valence electrons. The number of nitrogens with two attached hydrogens (primary N) is 1. The maximum absolute atomic E-state index is 13.3. The molecule has 4 aromatic rings. The minimum atomic E-state index is -4.62. The van der Waals surface area contributed by atoms with Gasteiger partial charge in [-0.2, -0.15) is 13.2 Å². The standard InChI is InChI=1S/C25H26Cl2F3N7/c1-34(22-6-4-18(27)24(33-22)25(28,29)30)11-12-36-9-7-16-17-13-15(26)3-5-19(17)32-23(16)20(36)14-37-10-8-21(31)35(37)2/h3-6,8,10,13,20,31-32H,7,9,11-12,14H2,1-2H3/p+1. The quantitative estimate of drug-likeness (QED) is 0.336. The topological polar surface area (TPSA) is 70.0 Å². The van der Waals surface area contributed by atoms with Crippen LogP contribution in [-0.2, 0) is 26.2 Å². The van der Waals surface area contributed by atoms with Crippen LogP contribution in [0, 0.1) is 0 Å². The number of pyridine rings is 1. The predicted octanol–water partition coefficient (Wildman–Crippen LogP) is 4.83. The van der Waals surface area contributed by atoms with Crippen molar-refractivity contribution in [1.82, 2.24) is 19.5 Å². The molecule has 7 nitrogen and oxygen atoms in total. The van der Waals surface area contributed by atoms with Gasteiger partial charge in [0.2, 0.25) is 0 Å². The fraction of sp³-hybridized carbons (Fsp3) is 0.360. The van der Waals surface area contributed by atoms with Crippen LogP contribution in [-0.4, -0.2) is 46.2 Å². The maximum atomic E-state index is 13.3. The zero-order chi connectivity index (χ0) is 26.5. The number of nitrogen functional groups attached to an aromatic ring is 1. The SMILES string of the molecule is CN(CCN1CCc2c([nH]c3ccc(Cl)cc23)C1C[n+]1ccc(N)n1C)c1ccc(Cl)c(C(F)(F)F)n1. The normalized spacial score (nSPS) is 16.4. The van der Waals surface area contributed by atoms with E-state index in [-0.39, 0.29) is 11.9 Å². The molecule has 0 radical (unpaired) electrons. The zero-order valence-electron chi connectivity index (χ0n) is 20.4. The van der Waals surface area contributed by atoms with Gasteiger partial charge >= 0.3 is 6.18 Å². The van der Waals surface area contributed by atoms with Crippen molar-refractivity contribution in [2.75, 3.05) is 37.3 Å². The molecule has 1 aliphatic rings. The summed E-state index contributed by atoms with van der Waals surface area (Å²) in [6.07, 6.45) is -1.84. The Morgan fingerprint density at radius 3 is 2.70 bits per heavy atom. The van der Waals surface area contributed by atoms with E-state index in [1.807, 2.05) is 42.2 Å². The highest BCUT2D eigenvalue weighted by Gasteiger charge is 2.36. The van der Waals surface area contributed by atoms with E-state index in [2.05, 4.69) is 19.5 Å². The molecule has 1 atom stereocenters. The number of alkyl halides is 3. The number of H-pyrrole nitrogens is 1. The third-order valence-corrected chi connectivity index (χ3v) is 7.61. The lowest BCUT2D eigenvalue weighted by Crippen LogP contribution is -2.50. The monoisotopic (exact) mass is 552 g/mol. The first-order chi connectivity index (χ1) is 17.5. The van der Waals surface area contributed by atoms with Gasteiger partial charge in [0.1, 0.15) is 11.9 Å². The van der Waals surface area contributed by atoms with E-state index in [1.165, 1.54) is 17.7 Å². The van der Waals surface area contributed by atoms with Gasteiger partial charge in [0.25, 0.3) is 0 Å². The van der Waals surface area contributed by atoms with E-state index in [0.29, 0.717) is 30.5 Å². The molecule has 0 spiro atoms. The number of anilines is 2. The molecule has 0 bridgehead atoms. The van der Waals surface area contributed by atoms with Crippen molar-refractivity contribution in [2.24, 2.45) is 7.05 Å². The summed E-state index contributed by atoms with van der Waals surface area (Å²) in [6.45, 7) is 2.52. The summed E-state index contributed by atoms with van der Waals surface area (Å²) in [5.74, 6) is 0.871. The molecule has 3 aromatic heterocycles. The minimum absolute atomic E-state index is 0.00904. The lowest BCUT2D eigenvalue weighted by molar-refractivity contribution is -0.776. The third-order valence-electron chi connectivity index (χ3n) is 7.07. The van der Waals surface area contributed by atoms with E-state index in [9.17, 15) is 13.2 Å². The number of nitrogens with one attached hydrogen (secondary N) is 1. The highest BCUT2D eigenvalue weighted by atomic mass is 35.5. The Labute approximate surface area is 222 Å². The molecule has 1 aliphatic heterocycles. The van der Waals surface area contributed by atoms with Crippen molar-refractivity contribution < 1.29 is 17.9 Å². The number of aromatic nitrogens is 4. The second kappa shape index (κ2) is 9.74. The van der Waals surface area contributed by atoms with Crippen LogP contribution >= 0.6 is 23.2 Å². The Kier molecular flexibility index (Phi) is 6.76. The maximum Gasteiger partial charge on any atom is 0.434 e. The largest absolute Gasteiger partial charge is 0.434 e. The van der Waals surface area contributed by atoms with Crippen LogP contribution in [0.25, 0.3) is 10.9 Å². The van der Waals surface area contributed by atoms with Crippen LogP contribution in [0.5, 0.6) is 0 Å². The molecule has 5 rings (SSSR count). The summed E-state index contributed by atoms with van der Waals surface area (Å²) in [6, 6.07) is 10.4. The molecule has 0 saturated carbocycles. The predicted molar refractivity (Wildman–Crippen MR) is 139 cm³/mol. The van der Waals surface area contributed by atoms with Gasteiger partial charge < -0.3 is 15.6 Å². The summed E-state index contributed by atoms with van der Waals surface area (Å²) in [5.41, 5.74) is 8.38. The summed E-state index contributed by atoms with van der Waals surface area (Å²) < 4.78 is 43.9. The number of hydrogen-bond donors (Lipinski definition) is 2. The van der Waals surface area contributed by atoms with Crippen molar-refractivity contribution in [1.29, 1.82) is 0 Å². The van der Waals surface area contributed by atoms with E-state index >= 15 is 0 Å². The molecule has 0 aliphatic carbocycles. The van der Waals surface area contributed by atoms with E-state index < -0.39 is 16.9 Å². The Morgan fingerprint density at radius 2 is 2.00 bits per heavy atom. The number of likely N-dealkylation sites (N-methyl/N-ethyl adjacent to an activating group) is 1. The van der Waals surface area contributed by atoms with Crippen molar-refractivity contribution in [3.63, 3.8) is 0 Å². The van der Waals surface area contributed by atoms with Crippen LogP contribution in [0.2, 0.25) is 10.0 Å². The van der Waals surface area contributed by atoms with E-state index in [1.54, 1.807) is 11.9 Å². The second-order valence-corrected chi connectivity index (χ2v) is 10.2. The third kappa shape index (κ3) is 4.97. The molecule has 3 N–H and O–H groups in total. The first-order valence-electron chi connectivity index (χ1n) is 11.8. The number of benzene rings is 1. The molecule has 0 saturated heterocycles. The molecule has 1 aromatic carbocycles. The van der Waals surface area contributed by atoms with Gasteiger partial charge in [-0.15, -0.1) is 9.36 Å². The summed E-state index contributed by atoms with van der Waals surface area (Å²) >= 11 is 12.0. The van der Waals surface area contributed by atoms with Gasteiger partial charge in [0.05, 0.1) is 18.1 Å². The van der Waals surface area contributed by atoms with Crippen LogP contribution < -0.4 is 15.3 Å². The van der Waals surface area contributed by atoms with Crippen molar-refractivity contribution in [2.45, 2.75) is 25.2 Å². The van der Waals surface area contributed by atoms with Gasteiger partial charge in [0, 0.05) is 48.3 Å². The van der Waals surface area contributed by atoms with Crippen LogP contribution in [0.15, 0.2) is 42.6 Å². The van der Waals surface area contributed by atoms with Gasteiger partial charge in [-0.3, -0.25) is 4.90 Å². The Hall–Kier alpha value is -2.95. The van der Waals surface area contributed by atoms with Crippen molar-refractivity contribution in [3.05, 3.63) is 69.6 Å². The van der Waals surface area contributed by atoms with Crippen LogP contribution in [0.1, 0.15) is 23.0 Å². The fourth-order valence-electron chi connectivity index (χ4n) is 4.98. The minimum Gasteiger partial charge on any atom is -0.381 e. The number of halogens is 5. The van der Waals surface area contributed by atoms with Gasteiger partial charge in [-0.1, -0.05) is 23.2 Å². The molecular formula is C25H27Cl2F3N7+. The molecule has 1 unspecified atom stereocenters. The molecule has 37 heavy (non-hydrogen) atoms. The van der Waals surface area contributed by atoms with Gasteiger partial charge in [-0.25, -0.2) is 4.98 Å². The molecule has 4 heterocycles. The van der Waals surface area contributed by atoms with Gasteiger partial charge in [0.15, 0.2) is 24.3 Å². The lowest BCUT2D eigenvalue weighted by atomic mass is 9.97. The summed E-state index contributed by atoms with van der Waals surface area (Å²) in [5, 5.41) is 1.39. The lowest BCUT2D eigenvalue weighted by Gasteiger charge is -2.35. The van der Waals surface area contributed by atoms with Crippen LogP contribution in [0.4, 0.5) is 24.8 Å². The Balaban J connectivity index is 1.42. The number of aromatic amines is 1. The van der Waals surface area contributed by atoms with E-state index in [4.69, 9.17) is 28.9 Å². The molecular weight excluding hydrogens is 526 g/mol. The number of rotatable bonds is 6. The Morgan fingerprint density at radius 1 is 1.22 bits per heavy atom. The summed E-state index contributed by atoms with van der Waals surface area (Å²) in [4.78, 5) is 11.5. The van der Waals surface area contributed by atoms with Crippen LogP contribution in [0.3, 0.4) is 0 Å². The fourth-order valence-corrected chi connectivity index (χ4v) is 5.36. The second-order valence-electron chi connectivity index (χ2n) is 9.31. The molecule has 0 amide bonds. The first kappa shape index (κ1) is 25.7. The Bertz CT molecular complexity index is 1450. The number of nitrogens with zero attached hydrogens (tertiary/aromatic N) is 5. The molecule has 12 heteroatoms. The average molecular weight is 553 g/mol. The highest BCUT2D eigenvalue weighted by molar-refractivity contribution is 6.31. The smallest absolute Gasteiger partial charge is 0.381 e. The number of fused-ring (bicyclic) bond motifs is 3. The zero-order valence-corrected chi connectivity index (χ0v) is 21.9. The summed E-state index contributed by atoms with van der Waals surface area (Å²) in [7, 11) is 3.64. The van der Waals surface area contributed by atoms with Crippen molar-refractivity contribution in [3.8, 4) is 0 Å². The number of hydrogen-bond acceptors (Lipinski definition) is 4. The average Bonchev–Trinajstić information content (AvgIpc) is 3.37. The van der Waals surface area contributed by atoms with Crippen molar-refractivity contribution >= 4 is 45.7 Å².